The molecule has 1 unspecified atom stereocenters. The number of carbonyl (C=O) groups excluding carboxylic acids is 1. The largest absolute Gasteiger partial charge is 0.483 e. The zero-order chi connectivity index (χ0) is 22.2. The van der Waals surface area contributed by atoms with E-state index >= 15 is 0 Å². The van der Waals surface area contributed by atoms with E-state index in [9.17, 15) is 14.7 Å². The predicted octanol–water partition coefficient (Wildman–Crippen LogP) is 3.10. The van der Waals surface area contributed by atoms with Gasteiger partial charge in [-0.15, -0.1) is 0 Å². The molecule has 3 aliphatic heterocycles. The fourth-order valence-corrected chi connectivity index (χ4v) is 4.57. The van der Waals surface area contributed by atoms with Gasteiger partial charge < -0.3 is 19.6 Å². The molecule has 2 aromatic carbocycles. The lowest BCUT2D eigenvalue weighted by Gasteiger charge is -2.38. The molecule has 5 rings (SSSR count). The number of ether oxygens (including phenoxy) is 1. The minimum Gasteiger partial charge on any atom is -0.483 e. The van der Waals surface area contributed by atoms with Crippen LogP contribution >= 0.6 is 0 Å². The highest BCUT2D eigenvalue weighted by atomic mass is 16.5. The van der Waals surface area contributed by atoms with Crippen LogP contribution in [-0.4, -0.2) is 53.1 Å². The van der Waals surface area contributed by atoms with Crippen LogP contribution < -0.4 is 15.1 Å². The van der Waals surface area contributed by atoms with Gasteiger partial charge in [0, 0.05) is 12.6 Å². The van der Waals surface area contributed by atoms with Crippen molar-refractivity contribution in [2.45, 2.75) is 31.8 Å². The fourth-order valence-electron chi connectivity index (χ4n) is 4.57. The van der Waals surface area contributed by atoms with E-state index in [2.05, 4.69) is 10.5 Å². The quantitative estimate of drug-likeness (QED) is 0.777. The molecule has 2 N–H and O–H groups in total. The first-order chi connectivity index (χ1) is 15.5. The molecule has 0 spiro atoms. The lowest BCUT2D eigenvalue weighted by molar-refractivity contribution is -0.122. The molecule has 2 amide bonds. The van der Waals surface area contributed by atoms with Gasteiger partial charge in [0.05, 0.1) is 5.69 Å². The summed E-state index contributed by atoms with van der Waals surface area (Å²) in [6.07, 6.45) is 2.33. The Balaban J connectivity index is 1.46. The SMILES string of the molecule is C[C@@H]1C(=O)NN=C2COc3ccc(C4=CCN(C(=O)O)C(Cc5ccccc5)C4)cc3N21. The zero-order valence-electron chi connectivity index (χ0n) is 17.7. The van der Waals surface area contributed by atoms with Crippen molar-refractivity contribution in [3.63, 3.8) is 0 Å². The number of fused-ring (bicyclic) bond motifs is 3. The fraction of sp³-hybridized carbons (Fsp3) is 0.292. The number of amides is 2. The van der Waals surface area contributed by atoms with Crippen molar-refractivity contribution in [2.75, 3.05) is 18.1 Å². The normalized spacial score (nSPS) is 22.1. The first kappa shape index (κ1) is 20.1. The van der Waals surface area contributed by atoms with Gasteiger partial charge >= 0.3 is 6.09 Å². The molecular formula is C24H24N4O4. The number of anilines is 1. The zero-order valence-corrected chi connectivity index (χ0v) is 17.7. The lowest BCUT2D eigenvalue weighted by Crippen LogP contribution is -2.55. The van der Waals surface area contributed by atoms with Crippen molar-refractivity contribution in [1.82, 2.24) is 10.3 Å². The average molecular weight is 432 g/mol. The molecule has 3 heterocycles. The third-order valence-corrected chi connectivity index (χ3v) is 6.28. The van der Waals surface area contributed by atoms with E-state index in [4.69, 9.17) is 4.74 Å². The van der Waals surface area contributed by atoms with Gasteiger partial charge in [-0.05, 0) is 48.6 Å². The van der Waals surface area contributed by atoms with Crippen LogP contribution in [0.15, 0.2) is 59.7 Å². The highest BCUT2D eigenvalue weighted by Crippen LogP contribution is 2.38. The maximum absolute atomic E-state index is 12.2. The number of carbonyl (C=O) groups is 2. The maximum atomic E-state index is 12.2. The molecule has 2 aromatic rings. The molecule has 2 atom stereocenters. The number of carboxylic acid groups (broad SMARTS) is 1. The molecule has 0 saturated heterocycles. The molecule has 0 radical (unpaired) electrons. The van der Waals surface area contributed by atoms with Crippen molar-refractivity contribution in [1.29, 1.82) is 0 Å². The molecule has 0 fully saturated rings. The van der Waals surface area contributed by atoms with Crippen molar-refractivity contribution in [3.8, 4) is 5.75 Å². The summed E-state index contributed by atoms with van der Waals surface area (Å²) in [6, 6.07) is 15.3. The molecule has 0 saturated carbocycles. The number of rotatable bonds is 3. The van der Waals surface area contributed by atoms with Crippen LogP contribution in [0.4, 0.5) is 10.5 Å². The monoisotopic (exact) mass is 432 g/mol. The Morgan fingerprint density at radius 1 is 1.25 bits per heavy atom. The summed E-state index contributed by atoms with van der Waals surface area (Å²) in [5, 5.41) is 13.9. The van der Waals surface area contributed by atoms with E-state index in [0.29, 0.717) is 37.6 Å². The second-order valence-corrected chi connectivity index (χ2v) is 8.23. The minimum absolute atomic E-state index is 0.154. The maximum Gasteiger partial charge on any atom is 0.407 e. The summed E-state index contributed by atoms with van der Waals surface area (Å²) >= 11 is 0. The van der Waals surface area contributed by atoms with Crippen molar-refractivity contribution in [2.24, 2.45) is 5.10 Å². The molecule has 3 aliphatic rings. The molecule has 8 heteroatoms. The smallest absolute Gasteiger partial charge is 0.407 e. The van der Waals surface area contributed by atoms with Crippen molar-refractivity contribution >= 4 is 29.1 Å². The minimum atomic E-state index is -0.908. The average Bonchev–Trinajstić information content (AvgIpc) is 2.81. The van der Waals surface area contributed by atoms with Gasteiger partial charge in [-0.25, -0.2) is 10.2 Å². The predicted molar refractivity (Wildman–Crippen MR) is 121 cm³/mol. The van der Waals surface area contributed by atoms with Crippen molar-refractivity contribution < 1.29 is 19.4 Å². The van der Waals surface area contributed by atoms with Crippen LogP contribution in [0.25, 0.3) is 5.57 Å². The van der Waals surface area contributed by atoms with Gasteiger partial charge in [0.1, 0.15) is 18.4 Å². The Hall–Kier alpha value is -3.81. The number of nitrogens with one attached hydrogen (secondary N) is 1. The lowest BCUT2D eigenvalue weighted by atomic mass is 9.90. The van der Waals surface area contributed by atoms with Crippen LogP contribution in [0.5, 0.6) is 5.75 Å². The first-order valence-corrected chi connectivity index (χ1v) is 10.7. The molecule has 32 heavy (non-hydrogen) atoms. The Morgan fingerprint density at radius 2 is 2.06 bits per heavy atom. The van der Waals surface area contributed by atoms with E-state index in [0.717, 1.165) is 22.4 Å². The highest BCUT2D eigenvalue weighted by molar-refractivity contribution is 6.09. The van der Waals surface area contributed by atoms with Crippen LogP contribution in [0.1, 0.15) is 24.5 Å². The van der Waals surface area contributed by atoms with Crippen molar-refractivity contribution in [3.05, 3.63) is 65.7 Å². The van der Waals surface area contributed by atoms with Gasteiger partial charge in [-0.2, -0.15) is 5.10 Å². The van der Waals surface area contributed by atoms with Crippen LogP contribution in [0, 0.1) is 0 Å². The summed E-state index contributed by atoms with van der Waals surface area (Å²) in [5.74, 6) is 1.21. The van der Waals surface area contributed by atoms with Crippen LogP contribution in [-0.2, 0) is 11.2 Å². The Kier molecular flexibility index (Phi) is 5.05. The number of amidine groups is 1. The Bertz CT molecular complexity index is 1130. The topological polar surface area (TPSA) is 94.5 Å². The van der Waals surface area contributed by atoms with E-state index in [-0.39, 0.29) is 11.9 Å². The Labute approximate surface area is 185 Å². The summed E-state index contributed by atoms with van der Waals surface area (Å²) in [5.41, 5.74) is 6.53. The van der Waals surface area contributed by atoms with Gasteiger partial charge in [-0.3, -0.25) is 4.79 Å². The van der Waals surface area contributed by atoms with E-state index in [1.165, 1.54) is 4.90 Å². The number of benzene rings is 2. The second kappa shape index (κ2) is 8.03. The molecule has 8 nitrogen and oxygen atoms in total. The number of nitrogens with zero attached hydrogens (tertiary/aromatic N) is 3. The third-order valence-electron chi connectivity index (χ3n) is 6.28. The highest BCUT2D eigenvalue weighted by Gasteiger charge is 2.35. The van der Waals surface area contributed by atoms with Crippen LogP contribution in [0.2, 0.25) is 0 Å². The molecule has 0 aliphatic carbocycles. The molecule has 0 aromatic heterocycles. The van der Waals surface area contributed by atoms with Gasteiger partial charge in [-0.1, -0.05) is 42.5 Å². The van der Waals surface area contributed by atoms with Gasteiger partial charge in [0.25, 0.3) is 5.91 Å². The number of hydrazone groups is 1. The Morgan fingerprint density at radius 3 is 2.84 bits per heavy atom. The van der Waals surface area contributed by atoms with Gasteiger partial charge in [0.2, 0.25) is 0 Å². The van der Waals surface area contributed by atoms with Crippen LogP contribution in [0.3, 0.4) is 0 Å². The van der Waals surface area contributed by atoms with E-state index < -0.39 is 12.1 Å². The summed E-state index contributed by atoms with van der Waals surface area (Å²) in [4.78, 5) is 27.4. The van der Waals surface area contributed by atoms with Gasteiger partial charge in [0.15, 0.2) is 5.84 Å². The number of hydrogen-bond donors (Lipinski definition) is 2. The summed E-state index contributed by atoms with van der Waals surface area (Å²) in [7, 11) is 0. The first-order valence-electron chi connectivity index (χ1n) is 10.7. The third kappa shape index (κ3) is 3.57. The second-order valence-electron chi connectivity index (χ2n) is 8.23. The standard InChI is InChI=1S/C24H24N4O4/c1-15-23(29)26-25-22-14-32-21-8-7-17(13-20(21)28(15)22)18-9-10-27(24(30)31)19(12-18)11-16-5-3-2-4-6-16/h2-9,13,15,19H,10-12,14H2,1H3,(H,26,29)(H,30,31)/t15-,19?/m1/s1. The van der Waals surface area contributed by atoms with E-state index in [1.807, 2.05) is 66.4 Å². The molecule has 164 valence electrons. The molecule has 0 bridgehead atoms. The van der Waals surface area contributed by atoms with E-state index in [1.54, 1.807) is 0 Å². The summed E-state index contributed by atoms with van der Waals surface area (Å²) in [6.45, 7) is 2.48. The summed E-state index contributed by atoms with van der Waals surface area (Å²) < 4.78 is 5.84. The number of hydrogen-bond acceptors (Lipinski definition) is 5. The molecular weight excluding hydrogens is 408 g/mol.